The van der Waals surface area contributed by atoms with Crippen LogP contribution < -0.4 is 19.7 Å². The van der Waals surface area contributed by atoms with E-state index in [1.54, 1.807) is 12.1 Å². The number of piperazine rings is 1. The molecule has 3 aromatic carbocycles. The molecule has 0 amide bonds. The first-order valence-electron chi connectivity index (χ1n) is 10.1. The first-order valence-corrected chi connectivity index (χ1v) is 11.5. The van der Waals surface area contributed by atoms with Gasteiger partial charge in [-0.1, -0.05) is 30.3 Å². The quantitative estimate of drug-likeness (QED) is 0.650. The van der Waals surface area contributed by atoms with Crippen molar-refractivity contribution in [1.29, 1.82) is 0 Å². The average molecular weight is 426 g/mol. The number of nitrogens with zero attached hydrogens (tertiary/aromatic N) is 1. The van der Waals surface area contributed by atoms with Crippen LogP contribution >= 0.6 is 0 Å². The molecule has 2 N–H and O–H groups in total. The zero-order chi connectivity index (χ0) is 21.3. The van der Waals surface area contributed by atoms with Crippen LogP contribution in [0.3, 0.4) is 0 Å². The van der Waals surface area contributed by atoms with E-state index in [4.69, 9.17) is 4.74 Å². The number of ether oxygens (including phenoxy) is 1. The van der Waals surface area contributed by atoms with E-state index in [-0.39, 0.29) is 4.90 Å². The van der Waals surface area contributed by atoms with Gasteiger partial charge in [0.05, 0.1) is 17.7 Å². The highest BCUT2D eigenvalue weighted by Gasteiger charge is 2.23. The summed E-state index contributed by atoms with van der Waals surface area (Å²) in [6.45, 7) is 6.01. The molecule has 0 bridgehead atoms. The molecule has 158 valence electrons. The molecule has 1 fully saturated rings. The third-order valence-corrected chi connectivity index (χ3v) is 6.74. The summed E-state index contributed by atoms with van der Waals surface area (Å²) in [5.74, 6) is 0.486. The third-order valence-electron chi connectivity index (χ3n) is 5.38. The molecule has 0 unspecified atom stereocenters. The molecule has 0 radical (unpaired) electrons. The fourth-order valence-electron chi connectivity index (χ4n) is 4.05. The molecule has 30 heavy (non-hydrogen) atoms. The van der Waals surface area contributed by atoms with Crippen LogP contribution in [-0.4, -0.2) is 40.7 Å². The Morgan fingerprint density at radius 2 is 1.67 bits per heavy atom. The van der Waals surface area contributed by atoms with Gasteiger partial charge in [-0.15, -0.1) is 0 Å². The molecule has 0 aromatic heterocycles. The molecule has 0 aliphatic carbocycles. The van der Waals surface area contributed by atoms with Crippen LogP contribution in [0, 0.1) is 0 Å². The molecular weight excluding hydrogens is 398 g/mol. The number of sulfonamides is 1. The summed E-state index contributed by atoms with van der Waals surface area (Å²) in [4.78, 5) is 2.48. The molecule has 1 aliphatic heterocycles. The van der Waals surface area contributed by atoms with E-state index in [2.05, 4.69) is 28.8 Å². The van der Waals surface area contributed by atoms with Gasteiger partial charge in [-0.2, -0.15) is 0 Å². The second-order valence-electron chi connectivity index (χ2n) is 7.87. The van der Waals surface area contributed by atoms with Crippen LogP contribution in [-0.2, 0) is 10.0 Å². The predicted octanol–water partition coefficient (Wildman–Crippen LogP) is 3.84. The summed E-state index contributed by atoms with van der Waals surface area (Å²) in [5.41, 5.74) is 1.40. The normalized spacial score (nSPS) is 19.6. The second-order valence-corrected chi connectivity index (χ2v) is 9.56. The van der Waals surface area contributed by atoms with Crippen LogP contribution in [0.15, 0.2) is 65.6 Å². The number of methoxy groups -OCH3 is 1. The Kier molecular flexibility index (Phi) is 5.58. The minimum Gasteiger partial charge on any atom is -0.495 e. The summed E-state index contributed by atoms with van der Waals surface area (Å²) >= 11 is 0. The third kappa shape index (κ3) is 4.22. The summed E-state index contributed by atoms with van der Waals surface area (Å²) in [6, 6.07) is 19.2. The number of benzene rings is 3. The van der Waals surface area contributed by atoms with Crippen molar-refractivity contribution in [3.8, 4) is 5.75 Å². The zero-order valence-corrected chi connectivity index (χ0v) is 18.2. The molecule has 0 saturated carbocycles. The maximum absolute atomic E-state index is 13.1. The molecule has 6 nitrogen and oxygen atoms in total. The van der Waals surface area contributed by atoms with E-state index in [1.165, 1.54) is 7.11 Å². The van der Waals surface area contributed by atoms with Crippen molar-refractivity contribution in [2.75, 3.05) is 29.8 Å². The van der Waals surface area contributed by atoms with Crippen molar-refractivity contribution in [2.24, 2.45) is 0 Å². The van der Waals surface area contributed by atoms with Gasteiger partial charge >= 0.3 is 0 Å². The van der Waals surface area contributed by atoms with Crippen molar-refractivity contribution >= 4 is 32.2 Å². The van der Waals surface area contributed by atoms with Gasteiger partial charge in [-0.05, 0) is 55.0 Å². The molecule has 3 aromatic rings. The maximum Gasteiger partial charge on any atom is 0.262 e. The topological polar surface area (TPSA) is 70.7 Å². The Morgan fingerprint density at radius 3 is 2.37 bits per heavy atom. The molecule has 4 rings (SSSR count). The largest absolute Gasteiger partial charge is 0.495 e. The standard InChI is InChI=1S/C23H27N3O3S/c1-16-14-26(15-17(2)24-16)20-9-11-23(29-3)22(13-20)25-30(27,28)21-10-8-18-6-4-5-7-19(18)12-21/h4-13,16-17,24-25H,14-15H2,1-3H3/t16-,17+. The molecule has 1 saturated heterocycles. The van der Waals surface area contributed by atoms with Crippen LogP contribution in [0.1, 0.15) is 13.8 Å². The molecule has 2 atom stereocenters. The van der Waals surface area contributed by atoms with Gasteiger partial charge in [-0.25, -0.2) is 8.42 Å². The van der Waals surface area contributed by atoms with Gasteiger partial charge < -0.3 is 15.0 Å². The number of anilines is 2. The van der Waals surface area contributed by atoms with Crippen molar-refractivity contribution in [3.63, 3.8) is 0 Å². The fourth-order valence-corrected chi connectivity index (χ4v) is 5.14. The summed E-state index contributed by atoms with van der Waals surface area (Å²) < 4.78 is 34.4. The van der Waals surface area contributed by atoms with Gasteiger partial charge in [0.25, 0.3) is 10.0 Å². The van der Waals surface area contributed by atoms with Crippen LogP contribution in [0.4, 0.5) is 11.4 Å². The van der Waals surface area contributed by atoms with Gasteiger partial charge in [0.2, 0.25) is 0 Å². The van der Waals surface area contributed by atoms with Crippen LogP contribution in [0.25, 0.3) is 10.8 Å². The van der Waals surface area contributed by atoms with Crippen LogP contribution in [0.5, 0.6) is 5.75 Å². The lowest BCUT2D eigenvalue weighted by Crippen LogP contribution is -2.54. The lowest BCUT2D eigenvalue weighted by Gasteiger charge is -2.38. The minimum absolute atomic E-state index is 0.220. The Bertz CT molecular complexity index is 1150. The van der Waals surface area contributed by atoms with Gasteiger partial charge in [-0.3, -0.25) is 4.72 Å². The SMILES string of the molecule is COc1ccc(N2C[C@@H](C)N[C@@H](C)C2)cc1NS(=O)(=O)c1ccc2ccccc2c1. The first-order chi connectivity index (χ1) is 14.4. The Labute approximate surface area is 177 Å². The Morgan fingerprint density at radius 1 is 0.967 bits per heavy atom. The van der Waals surface area contributed by atoms with E-state index < -0.39 is 10.0 Å². The summed E-state index contributed by atoms with van der Waals surface area (Å²) in [5, 5.41) is 5.39. The number of hydrogen-bond acceptors (Lipinski definition) is 5. The number of fused-ring (bicyclic) bond motifs is 1. The highest BCUT2D eigenvalue weighted by atomic mass is 32.2. The zero-order valence-electron chi connectivity index (χ0n) is 17.4. The summed E-state index contributed by atoms with van der Waals surface area (Å²) in [6.07, 6.45) is 0. The van der Waals surface area contributed by atoms with E-state index in [0.29, 0.717) is 23.5 Å². The fraction of sp³-hybridized carbons (Fsp3) is 0.304. The minimum atomic E-state index is -3.77. The van der Waals surface area contributed by atoms with E-state index in [0.717, 1.165) is 29.5 Å². The van der Waals surface area contributed by atoms with Crippen LogP contribution in [0.2, 0.25) is 0 Å². The lowest BCUT2D eigenvalue weighted by atomic mass is 10.1. The smallest absolute Gasteiger partial charge is 0.262 e. The summed E-state index contributed by atoms with van der Waals surface area (Å²) in [7, 11) is -2.23. The Balaban J connectivity index is 1.66. The molecule has 1 heterocycles. The Hall–Kier alpha value is -2.77. The van der Waals surface area contributed by atoms with Gasteiger partial charge in [0, 0.05) is 30.9 Å². The lowest BCUT2D eigenvalue weighted by molar-refractivity contribution is 0.406. The average Bonchev–Trinajstić information content (AvgIpc) is 2.72. The van der Waals surface area contributed by atoms with E-state index in [1.807, 2.05) is 48.5 Å². The molecule has 1 aliphatic rings. The van der Waals surface area contributed by atoms with E-state index >= 15 is 0 Å². The van der Waals surface area contributed by atoms with Crippen molar-refractivity contribution < 1.29 is 13.2 Å². The van der Waals surface area contributed by atoms with Gasteiger partial charge in [0.15, 0.2) is 0 Å². The van der Waals surface area contributed by atoms with E-state index in [9.17, 15) is 8.42 Å². The number of rotatable bonds is 5. The van der Waals surface area contributed by atoms with Crippen molar-refractivity contribution in [2.45, 2.75) is 30.8 Å². The highest BCUT2D eigenvalue weighted by Crippen LogP contribution is 2.32. The highest BCUT2D eigenvalue weighted by molar-refractivity contribution is 7.92. The number of hydrogen-bond donors (Lipinski definition) is 2. The molecular formula is C23H27N3O3S. The number of nitrogens with one attached hydrogen (secondary N) is 2. The second kappa shape index (κ2) is 8.16. The molecule has 7 heteroatoms. The van der Waals surface area contributed by atoms with Crippen molar-refractivity contribution in [3.05, 3.63) is 60.7 Å². The predicted molar refractivity (Wildman–Crippen MR) is 122 cm³/mol. The first kappa shape index (κ1) is 20.5. The molecule has 0 spiro atoms. The maximum atomic E-state index is 13.1. The monoisotopic (exact) mass is 425 g/mol. The van der Waals surface area contributed by atoms with Gasteiger partial charge in [0.1, 0.15) is 5.75 Å². The van der Waals surface area contributed by atoms with Crippen molar-refractivity contribution in [1.82, 2.24) is 5.32 Å².